The molecule has 0 aromatic heterocycles. The number of hydrogen-bond donors (Lipinski definition) is 4. The normalized spacial score (nSPS) is 20.9. The van der Waals surface area contributed by atoms with E-state index in [9.17, 15) is 4.79 Å². The molecule has 0 aliphatic carbocycles. The van der Waals surface area contributed by atoms with Crippen LogP contribution in [0.4, 0.5) is 5.69 Å². The maximum Gasteiger partial charge on any atom is 0.251 e. The van der Waals surface area contributed by atoms with E-state index in [1.54, 1.807) is 6.07 Å². The number of nitrogens with zero attached hydrogens (tertiary/aromatic N) is 1. The first-order valence-electron chi connectivity index (χ1n) is 12.0. The van der Waals surface area contributed by atoms with Crippen molar-refractivity contribution in [3.63, 3.8) is 0 Å². The Bertz CT molecular complexity index is 1000. The summed E-state index contributed by atoms with van der Waals surface area (Å²) in [6.07, 6.45) is 5.33. The molecule has 2 atom stereocenters. The summed E-state index contributed by atoms with van der Waals surface area (Å²) in [6, 6.07) is 13.9. The summed E-state index contributed by atoms with van der Waals surface area (Å²) in [7, 11) is 0. The Labute approximate surface area is 212 Å². The van der Waals surface area contributed by atoms with Crippen molar-refractivity contribution in [2.24, 2.45) is 0 Å². The molecular formula is C26H33Cl2N5O. The van der Waals surface area contributed by atoms with E-state index in [1.165, 1.54) is 6.42 Å². The molecule has 34 heavy (non-hydrogen) atoms. The van der Waals surface area contributed by atoms with E-state index in [0.717, 1.165) is 49.7 Å². The third-order valence-electron chi connectivity index (χ3n) is 6.28. The maximum absolute atomic E-state index is 12.6. The Hall–Kier alpha value is -2.25. The number of piperazine rings is 1. The molecule has 1 unspecified atom stereocenters. The summed E-state index contributed by atoms with van der Waals surface area (Å²) < 4.78 is 0. The van der Waals surface area contributed by atoms with Crippen LogP contribution in [0.25, 0.3) is 0 Å². The molecule has 2 fully saturated rings. The number of anilines is 1. The smallest absolute Gasteiger partial charge is 0.251 e. The predicted octanol–water partition coefficient (Wildman–Crippen LogP) is 4.26. The Morgan fingerprint density at radius 3 is 2.68 bits per heavy atom. The molecule has 2 aliphatic rings. The van der Waals surface area contributed by atoms with E-state index in [2.05, 4.69) is 39.2 Å². The zero-order chi connectivity index (χ0) is 23.9. The van der Waals surface area contributed by atoms with Gasteiger partial charge >= 0.3 is 0 Å². The molecule has 0 saturated carbocycles. The number of amides is 1. The second-order valence-corrected chi connectivity index (χ2v) is 9.84. The van der Waals surface area contributed by atoms with Gasteiger partial charge in [0.05, 0.1) is 0 Å². The van der Waals surface area contributed by atoms with Crippen LogP contribution >= 0.6 is 23.2 Å². The number of benzene rings is 2. The van der Waals surface area contributed by atoms with Crippen LogP contribution in [0.5, 0.6) is 0 Å². The zero-order valence-corrected chi connectivity index (χ0v) is 21.1. The first-order valence-corrected chi connectivity index (χ1v) is 12.8. The quantitative estimate of drug-likeness (QED) is 0.435. The molecule has 2 saturated heterocycles. The summed E-state index contributed by atoms with van der Waals surface area (Å²) in [5.74, 6) is 1.03. The first-order chi connectivity index (χ1) is 16.5. The summed E-state index contributed by atoms with van der Waals surface area (Å²) in [4.78, 5) is 15.0. The van der Waals surface area contributed by atoms with Gasteiger partial charge in [0.25, 0.3) is 5.91 Å². The van der Waals surface area contributed by atoms with Crippen LogP contribution in [-0.2, 0) is 6.42 Å². The zero-order valence-electron chi connectivity index (χ0n) is 19.5. The largest absolute Gasteiger partial charge is 0.356 e. The SMILES string of the molecule is C[C@H]1CN(/C(=C\C2CCCN2)Nc2ccc(C(=O)NCCc3ccc(Cl)cc3Cl)cc2)CCN1. The van der Waals surface area contributed by atoms with Crippen molar-refractivity contribution < 1.29 is 4.79 Å². The number of halogens is 2. The predicted molar refractivity (Wildman–Crippen MR) is 141 cm³/mol. The summed E-state index contributed by atoms with van der Waals surface area (Å²) in [6.45, 7) is 6.69. The van der Waals surface area contributed by atoms with Crippen LogP contribution in [0, 0.1) is 0 Å². The molecule has 2 aromatic carbocycles. The Morgan fingerprint density at radius 2 is 1.97 bits per heavy atom. The fourth-order valence-electron chi connectivity index (χ4n) is 4.41. The minimum absolute atomic E-state index is 0.0986. The lowest BCUT2D eigenvalue weighted by Gasteiger charge is -2.36. The second-order valence-electron chi connectivity index (χ2n) is 9.00. The van der Waals surface area contributed by atoms with Crippen LogP contribution in [0.3, 0.4) is 0 Å². The molecule has 0 spiro atoms. The first kappa shape index (κ1) is 24.9. The van der Waals surface area contributed by atoms with Gasteiger partial charge in [-0.3, -0.25) is 4.79 Å². The van der Waals surface area contributed by atoms with E-state index in [-0.39, 0.29) is 5.91 Å². The highest BCUT2D eigenvalue weighted by Gasteiger charge is 2.21. The van der Waals surface area contributed by atoms with Crippen LogP contribution in [-0.4, -0.2) is 55.6 Å². The van der Waals surface area contributed by atoms with Gasteiger partial charge in [0.15, 0.2) is 0 Å². The van der Waals surface area contributed by atoms with E-state index >= 15 is 0 Å². The Balaban J connectivity index is 1.35. The highest BCUT2D eigenvalue weighted by molar-refractivity contribution is 6.35. The van der Waals surface area contributed by atoms with Gasteiger partial charge in [0.1, 0.15) is 5.82 Å². The summed E-state index contributed by atoms with van der Waals surface area (Å²) in [5.41, 5.74) is 2.57. The van der Waals surface area contributed by atoms with E-state index in [1.807, 2.05) is 36.4 Å². The Morgan fingerprint density at radius 1 is 1.15 bits per heavy atom. The van der Waals surface area contributed by atoms with Gasteiger partial charge in [-0.15, -0.1) is 0 Å². The van der Waals surface area contributed by atoms with Crippen molar-refractivity contribution in [1.82, 2.24) is 20.9 Å². The highest BCUT2D eigenvalue weighted by atomic mass is 35.5. The lowest BCUT2D eigenvalue weighted by Crippen LogP contribution is -2.49. The summed E-state index contributed by atoms with van der Waals surface area (Å²) >= 11 is 12.2. The van der Waals surface area contributed by atoms with Crippen molar-refractivity contribution in [3.05, 3.63) is 75.5 Å². The topological polar surface area (TPSA) is 68.4 Å². The number of nitrogens with one attached hydrogen (secondary N) is 4. The molecule has 182 valence electrons. The van der Waals surface area contributed by atoms with Crippen molar-refractivity contribution in [3.8, 4) is 0 Å². The van der Waals surface area contributed by atoms with Gasteiger partial charge in [-0.05, 0) is 80.8 Å². The van der Waals surface area contributed by atoms with Gasteiger partial charge < -0.3 is 26.2 Å². The van der Waals surface area contributed by atoms with Gasteiger partial charge in [-0.2, -0.15) is 0 Å². The van der Waals surface area contributed by atoms with Gasteiger partial charge in [-0.1, -0.05) is 29.3 Å². The van der Waals surface area contributed by atoms with Crippen LogP contribution < -0.4 is 21.3 Å². The van der Waals surface area contributed by atoms with Gasteiger partial charge in [0.2, 0.25) is 0 Å². The van der Waals surface area contributed by atoms with E-state index in [0.29, 0.717) is 40.7 Å². The molecule has 8 heteroatoms. The monoisotopic (exact) mass is 501 g/mol. The molecule has 2 heterocycles. The summed E-state index contributed by atoms with van der Waals surface area (Å²) in [5, 5.41) is 14.9. The molecule has 2 aliphatic heterocycles. The standard InChI is InChI=1S/C26H33Cl2N5O/c1-18-17-33(14-13-29-18)25(16-23-3-2-11-30-23)32-22-8-5-20(6-9-22)26(34)31-12-10-19-4-7-21(27)15-24(19)28/h4-9,15-16,18,23,29-30,32H,2-3,10-14,17H2,1H3,(H,31,34)/b25-16-/t18-,23?/m0/s1. The lowest BCUT2D eigenvalue weighted by atomic mass is 10.1. The van der Waals surface area contributed by atoms with E-state index < -0.39 is 0 Å². The molecule has 0 radical (unpaired) electrons. The van der Waals surface area contributed by atoms with Crippen molar-refractivity contribution in [2.45, 2.75) is 38.3 Å². The molecule has 2 aromatic rings. The second kappa shape index (κ2) is 11.9. The van der Waals surface area contributed by atoms with Gasteiger partial charge in [-0.25, -0.2) is 0 Å². The minimum Gasteiger partial charge on any atom is -0.356 e. The Kier molecular flexibility index (Phi) is 8.73. The highest BCUT2D eigenvalue weighted by Crippen LogP contribution is 2.21. The van der Waals surface area contributed by atoms with Crippen LogP contribution in [0.15, 0.2) is 54.4 Å². The average molecular weight is 502 g/mol. The molecule has 0 bridgehead atoms. The minimum atomic E-state index is -0.0986. The van der Waals surface area contributed by atoms with Gasteiger partial charge in [0, 0.05) is 59.6 Å². The third kappa shape index (κ3) is 6.89. The van der Waals surface area contributed by atoms with Crippen molar-refractivity contribution in [1.29, 1.82) is 0 Å². The van der Waals surface area contributed by atoms with Crippen molar-refractivity contribution in [2.75, 3.05) is 38.0 Å². The molecule has 1 amide bonds. The fourth-order valence-corrected chi connectivity index (χ4v) is 4.91. The van der Waals surface area contributed by atoms with Crippen molar-refractivity contribution >= 4 is 34.8 Å². The molecular weight excluding hydrogens is 469 g/mol. The lowest BCUT2D eigenvalue weighted by molar-refractivity contribution is 0.0954. The van der Waals surface area contributed by atoms with E-state index in [4.69, 9.17) is 23.2 Å². The van der Waals surface area contributed by atoms with Crippen LogP contribution in [0.1, 0.15) is 35.7 Å². The average Bonchev–Trinajstić information content (AvgIpc) is 3.34. The maximum atomic E-state index is 12.6. The number of carbonyl (C=O) groups excluding carboxylic acids is 1. The molecule has 6 nitrogen and oxygen atoms in total. The molecule has 4 rings (SSSR count). The molecule has 4 N–H and O–H groups in total. The number of hydrogen-bond acceptors (Lipinski definition) is 5. The fraction of sp³-hybridized carbons (Fsp3) is 0.423. The number of carbonyl (C=O) groups is 1. The van der Waals surface area contributed by atoms with Crippen LogP contribution in [0.2, 0.25) is 10.0 Å². The number of rotatable bonds is 8. The third-order valence-corrected chi connectivity index (χ3v) is 6.87.